The van der Waals surface area contributed by atoms with Gasteiger partial charge in [-0.05, 0) is 49.2 Å². The van der Waals surface area contributed by atoms with Crippen molar-refractivity contribution in [3.05, 3.63) is 59.4 Å². The first-order valence-electron chi connectivity index (χ1n) is 8.40. The van der Waals surface area contributed by atoms with Gasteiger partial charge in [0.1, 0.15) is 0 Å². The summed E-state index contributed by atoms with van der Waals surface area (Å²) >= 11 is 5.83. The molecule has 1 atom stereocenters. The molecule has 26 heavy (non-hydrogen) atoms. The number of nitrogens with one attached hydrogen (secondary N) is 1. The molecule has 1 aliphatic heterocycles. The number of pyridine rings is 1. The molecule has 138 valence electrons. The fourth-order valence-corrected chi connectivity index (χ4v) is 4.60. The first kappa shape index (κ1) is 18.8. The maximum atomic E-state index is 12.8. The molecule has 1 N–H and O–H groups in total. The van der Waals surface area contributed by atoms with Gasteiger partial charge in [0.15, 0.2) is 0 Å². The SMILES string of the molecule is O=C(NCc1ccccn1)[C@H]1CCCN(S(=O)(=O)c2ccc(Cl)cc2)C1. The Kier molecular flexibility index (Phi) is 5.90. The van der Waals surface area contributed by atoms with Crippen molar-refractivity contribution in [2.75, 3.05) is 13.1 Å². The number of aromatic nitrogens is 1. The van der Waals surface area contributed by atoms with E-state index in [-0.39, 0.29) is 23.3 Å². The zero-order chi connectivity index (χ0) is 18.6. The van der Waals surface area contributed by atoms with Gasteiger partial charge in [-0.15, -0.1) is 0 Å². The van der Waals surface area contributed by atoms with Crippen molar-refractivity contribution in [3.63, 3.8) is 0 Å². The third-order valence-electron chi connectivity index (χ3n) is 4.38. The molecule has 0 radical (unpaired) electrons. The largest absolute Gasteiger partial charge is 0.350 e. The number of hydrogen-bond donors (Lipinski definition) is 1. The summed E-state index contributed by atoms with van der Waals surface area (Å²) in [7, 11) is -3.63. The molecule has 0 spiro atoms. The second-order valence-corrected chi connectivity index (χ2v) is 8.57. The molecule has 2 aromatic rings. The van der Waals surface area contributed by atoms with Crippen molar-refractivity contribution in [3.8, 4) is 0 Å². The van der Waals surface area contributed by atoms with Gasteiger partial charge < -0.3 is 5.32 Å². The number of rotatable bonds is 5. The van der Waals surface area contributed by atoms with E-state index in [0.29, 0.717) is 31.0 Å². The van der Waals surface area contributed by atoms with E-state index < -0.39 is 10.0 Å². The first-order chi connectivity index (χ1) is 12.5. The van der Waals surface area contributed by atoms with E-state index in [1.165, 1.54) is 16.4 Å². The number of carbonyl (C=O) groups is 1. The van der Waals surface area contributed by atoms with Gasteiger partial charge >= 0.3 is 0 Å². The van der Waals surface area contributed by atoms with Crippen LogP contribution in [0, 0.1) is 5.92 Å². The van der Waals surface area contributed by atoms with E-state index in [1.807, 2.05) is 18.2 Å². The molecule has 1 aromatic carbocycles. The van der Waals surface area contributed by atoms with E-state index in [9.17, 15) is 13.2 Å². The summed E-state index contributed by atoms with van der Waals surface area (Å²) in [6.45, 7) is 0.925. The highest BCUT2D eigenvalue weighted by atomic mass is 35.5. The van der Waals surface area contributed by atoms with E-state index in [4.69, 9.17) is 11.6 Å². The van der Waals surface area contributed by atoms with E-state index in [0.717, 1.165) is 5.69 Å². The quantitative estimate of drug-likeness (QED) is 0.846. The van der Waals surface area contributed by atoms with Crippen molar-refractivity contribution in [2.45, 2.75) is 24.3 Å². The summed E-state index contributed by atoms with van der Waals surface area (Å²) < 4.78 is 27.0. The molecule has 0 aliphatic carbocycles. The molecule has 1 aromatic heterocycles. The predicted octanol–water partition coefficient (Wildman–Crippen LogP) is 2.45. The number of halogens is 1. The average Bonchev–Trinajstić information content (AvgIpc) is 2.67. The lowest BCUT2D eigenvalue weighted by Crippen LogP contribution is -2.45. The average molecular weight is 394 g/mol. The Balaban J connectivity index is 1.64. The van der Waals surface area contributed by atoms with Gasteiger partial charge in [0.2, 0.25) is 15.9 Å². The zero-order valence-electron chi connectivity index (χ0n) is 14.1. The highest BCUT2D eigenvalue weighted by Gasteiger charge is 2.33. The van der Waals surface area contributed by atoms with Crippen molar-refractivity contribution in [1.29, 1.82) is 0 Å². The van der Waals surface area contributed by atoms with Crippen LogP contribution in [0.25, 0.3) is 0 Å². The molecular weight excluding hydrogens is 374 g/mol. The van der Waals surface area contributed by atoms with Crippen LogP contribution in [0.15, 0.2) is 53.6 Å². The smallest absolute Gasteiger partial charge is 0.243 e. The van der Waals surface area contributed by atoms with Crippen LogP contribution in [0.3, 0.4) is 0 Å². The number of carbonyl (C=O) groups excluding carboxylic acids is 1. The van der Waals surface area contributed by atoms with Gasteiger partial charge in [-0.2, -0.15) is 4.31 Å². The second-order valence-electron chi connectivity index (χ2n) is 6.20. The molecule has 1 saturated heterocycles. The van der Waals surface area contributed by atoms with Crippen LogP contribution in [0.5, 0.6) is 0 Å². The van der Waals surface area contributed by atoms with E-state index in [2.05, 4.69) is 10.3 Å². The number of hydrogen-bond acceptors (Lipinski definition) is 4. The first-order valence-corrected chi connectivity index (χ1v) is 10.2. The Morgan fingerprint density at radius 2 is 2.00 bits per heavy atom. The minimum absolute atomic E-state index is 0.147. The topological polar surface area (TPSA) is 79.4 Å². The van der Waals surface area contributed by atoms with Crippen molar-refractivity contribution >= 4 is 27.5 Å². The normalized spacial score (nSPS) is 18.4. The second kappa shape index (κ2) is 8.16. The fourth-order valence-electron chi connectivity index (χ4n) is 2.96. The number of amides is 1. The van der Waals surface area contributed by atoms with Crippen LogP contribution < -0.4 is 5.32 Å². The molecule has 0 unspecified atom stereocenters. The summed E-state index contributed by atoms with van der Waals surface area (Å²) in [5, 5.41) is 3.33. The lowest BCUT2D eigenvalue weighted by atomic mass is 9.99. The zero-order valence-corrected chi connectivity index (χ0v) is 15.7. The molecule has 1 amide bonds. The number of piperidine rings is 1. The minimum atomic E-state index is -3.63. The predicted molar refractivity (Wildman–Crippen MR) is 99.0 cm³/mol. The molecular formula is C18H20ClN3O3S. The van der Waals surface area contributed by atoms with Crippen molar-refractivity contribution in [2.24, 2.45) is 5.92 Å². The summed E-state index contributed by atoms with van der Waals surface area (Å²) in [5.41, 5.74) is 0.766. The lowest BCUT2D eigenvalue weighted by Gasteiger charge is -2.31. The van der Waals surface area contributed by atoms with Crippen LogP contribution in [-0.2, 0) is 21.4 Å². The summed E-state index contributed by atoms with van der Waals surface area (Å²) in [6.07, 6.45) is 2.98. The molecule has 1 fully saturated rings. The Bertz CT molecular complexity index is 857. The third-order valence-corrected chi connectivity index (χ3v) is 6.51. The maximum Gasteiger partial charge on any atom is 0.243 e. The molecule has 6 nitrogen and oxygen atoms in total. The van der Waals surface area contributed by atoms with Gasteiger partial charge in [0, 0.05) is 24.3 Å². The van der Waals surface area contributed by atoms with Gasteiger partial charge in [0.05, 0.1) is 23.1 Å². The van der Waals surface area contributed by atoms with Crippen LogP contribution in [0.4, 0.5) is 0 Å². The van der Waals surface area contributed by atoms with Gasteiger partial charge in [-0.3, -0.25) is 9.78 Å². The standard InChI is InChI=1S/C18H20ClN3O3S/c19-15-6-8-17(9-7-15)26(24,25)22-11-3-4-14(13-22)18(23)21-12-16-5-1-2-10-20-16/h1-2,5-10,14H,3-4,11-13H2,(H,21,23)/t14-/m0/s1. The molecule has 3 rings (SSSR count). The number of benzene rings is 1. The number of sulfonamides is 1. The Hall–Kier alpha value is -1.96. The molecule has 8 heteroatoms. The van der Waals surface area contributed by atoms with Gasteiger partial charge in [-0.1, -0.05) is 17.7 Å². The Labute approximate surface area is 158 Å². The summed E-state index contributed by atoms with van der Waals surface area (Å²) in [6, 6.07) is 11.6. The molecule has 2 heterocycles. The molecule has 0 bridgehead atoms. The number of nitrogens with zero attached hydrogens (tertiary/aromatic N) is 2. The van der Waals surface area contributed by atoms with Crippen LogP contribution >= 0.6 is 11.6 Å². The van der Waals surface area contributed by atoms with Gasteiger partial charge in [0.25, 0.3) is 0 Å². The Morgan fingerprint density at radius 3 is 2.69 bits per heavy atom. The van der Waals surface area contributed by atoms with E-state index >= 15 is 0 Å². The summed E-state index contributed by atoms with van der Waals surface area (Å²) in [4.78, 5) is 16.8. The monoisotopic (exact) mass is 393 g/mol. The minimum Gasteiger partial charge on any atom is -0.350 e. The third kappa shape index (κ3) is 4.41. The fraction of sp³-hybridized carbons (Fsp3) is 0.333. The highest BCUT2D eigenvalue weighted by Crippen LogP contribution is 2.24. The van der Waals surface area contributed by atoms with Crippen LogP contribution in [-0.4, -0.2) is 36.7 Å². The van der Waals surface area contributed by atoms with Crippen molar-refractivity contribution < 1.29 is 13.2 Å². The molecule has 0 saturated carbocycles. The van der Waals surface area contributed by atoms with Crippen LogP contribution in [0.1, 0.15) is 18.5 Å². The van der Waals surface area contributed by atoms with E-state index in [1.54, 1.807) is 18.3 Å². The maximum absolute atomic E-state index is 12.8. The van der Waals surface area contributed by atoms with Crippen molar-refractivity contribution in [1.82, 2.24) is 14.6 Å². The van der Waals surface area contributed by atoms with Gasteiger partial charge in [-0.25, -0.2) is 8.42 Å². The Morgan fingerprint density at radius 1 is 1.23 bits per heavy atom. The molecule has 1 aliphatic rings. The summed E-state index contributed by atoms with van der Waals surface area (Å²) in [5.74, 6) is -0.513. The highest BCUT2D eigenvalue weighted by molar-refractivity contribution is 7.89. The van der Waals surface area contributed by atoms with Crippen LogP contribution in [0.2, 0.25) is 5.02 Å². The lowest BCUT2D eigenvalue weighted by molar-refractivity contribution is -0.126.